The molecular weight excluding hydrogens is 512 g/mol. The minimum Gasteiger partial charge on any atom is -0.493 e. The van der Waals surface area contributed by atoms with Gasteiger partial charge in [0, 0.05) is 17.2 Å². The summed E-state index contributed by atoms with van der Waals surface area (Å²) >= 11 is 0. The number of fused-ring (bicyclic) bond motifs is 1. The number of rotatable bonds is 8. The maximum Gasteiger partial charge on any atom is 0.422 e. The fourth-order valence-corrected chi connectivity index (χ4v) is 4.28. The van der Waals surface area contributed by atoms with Crippen molar-refractivity contribution in [2.75, 3.05) is 7.11 Å². The number of ether oxygens (including phenoxy) is 1. The first kappa shape index (κ1) is 27.2. The zero-order valence-electron chi connectivity index (χ0n) is 20.3. The number of alkyl halides is 3. The molecule has 0 aliphatic carbocycles. The van der Waals surface area contributed by atoms with Crippen LogP contribution in [0.15, 0.2) is 65.8 Å². The second-order valence-corrected chi connectivity index (χ2v) is 8.72. The molecule has 0 amide bonds. The van der Waals surface area contributed by atoms with Crippen LogP contribution in [0.5, 0.6) is 5.75 Å². The maximum absolute atomic E-state index is 14.3. The van der Waals surface area contributed by atoms with E-state index >= 15 is 0 Å². The van der Waals surface area contributed by atoms with E-state index in [1.807, 2.05) is 0 Å². The second kappa shape index (κ2) is 10.5. The van der Waals surface area contributed by atoms with Crippen LogP contribution in [-0.2, 0) is 0 Å². The summed E-state index contributed by atoms with van der Waals surface area (Å²) in [5.74, 6) is -4.53. The normalized spacial score (nSPS) is 14.7. The van der Waals surface area contributed by atoms with Gasteiger partial charge < -0.3 is 9.84 Å². The minimum absolute atomic E-state index is 0.00680. The van der Waals surface area contributed by atoms with Gasteiger partial charge in [0.1, 0.15) is 5.82 Å². The SMILES string of the molecule is CCC(CC(O)(C=Nc1cccc2c1cnn2-c1ccc(F)cc1)C(F)(F)F)c1ccc(F)c(F)c1OC. The fraction of sp³-hybridized carbons (Fsp3) is 0.259. The molecular formula is C27H23F6N3O2. The van der Waals surface area contributed by atoms with E-state index in [9.17, 15) is 31.4 Å². The van der Waals surface area contributed by atoms with Crippen LogP contribution in [0.25, 0.3) is 16.6 Å². The number of aromatic nitrogens is 2. The van der Waals surface area contributed by atoms with Gasteiger partial charge in [-0.2, -0.15) is 22.7 Å². The van der Waals surface area contributed by atoms with Crippen LogP contribution in [0, 0.1) is 17.5 Å². The zero-order chi connectivity index (χ0) is 27.7. The number of benzene rings is 3. The van der Waals surface area contributed by atoms with Crippen molar-refractivity contribution in [3.05, 3.63) is 83.8 Å². The van der Waals surface area contributed by atoms with Gasteiger partial charge in [-0.05, 0) is 61.2 Å². The quantitative estimate of drug-likeness (QED) is 0.195. The number of nitrogens with zero attached hydrogens (tertiary/aromatic N) is 3. The Bertz CT molecular complexity index is 1470. The molecule has 38 heavy (non-hydrogen) atoms. The van der Waals surface area contributed by atoms with E-state index in [-0.39, 0.29) is 17.7 Å². The monoisotopic (exact) mass is 535 g/mol. The highest BCUT2D eigenvalue weighted by molar-refractivity contribution is 5.92. The molecule has 0 radical (unpaired) electrons. The summed E-state index contributed by atoms with van der Waals surface area (Å²) in [5, 5.41) is 15.4. The Morgan fingerprint density at radius 3 is 2.39 bits per heavy atom. The molecule has 0 aliphatic heterocycles. The van der Waals surface area contributed by atoms with Crippen LogP contribution in [0.3, 0.4) is 0 Å². The summed E-state index contributed by atoms with van der Waals surface area (Å²) in [5.41, 5.74) is -2.27. The molecule has 1 N–H and O–H groups in total. The van der Waals surface area contributed by atoms with Gasteiger partial charge in [0.25, 0.3) is 0 Å². The lowest BCUT2D eigenvalue weighted by Gasteiger charge is -2.31. The molecule has 0 saturated carbocycles. The van der Waals surface area contributed by atoms with E-state index in [1.54, 1.807) is 19.1 Å². The predicted molar refractivity (Wildman–Crippen MR) is 131 cm³/mol. The Balaban J connectivity index is 1.72. The molecule has 0 fully saturated rings. The molecule has 4 aromatic rings. The molecule has 1 aromatic heterocycles. The van der Waals surface area contributed by atoms with Crippen molar-refractivity contribution in [1.29, 1.82) is 0 Å². The third-order valence-corrected chi connectivity index (χ3v) is 6.34. The third-order valence-electron chi connectivity index (χ3n) is 6.34. The highest BCUT2D eigenvalue weighted by atomic mass is 19.4. The van der Waals surface area contributed by atoms with Crippen molar-refractivity contribution in [2.24, 2.45) is 4.99 Å². The van der Waals surface area contributed by atoms with Crippen molar-refractivity contribution in [2.45, 2.75) is 37.5 Å². The Kier molecular flexibility index (Phi) is 7.50. The van der Waals surface area contributed by atoms with Crippen LogP contribution in [0.2, 0.25) is 0 Å². The lowest BCUT2D eigenvalue weighted by molar-refractivity contribution is -0.232. The van der Waals surface area contributed by atoms with Gasteiger partial charge >= 0.3 is 6.18 Å². The largest absolute Gasteiger partial charge is 0.493 e. The second-order valence-electron chi connectivity index (χ2n) is 8.72. The molecule has 4 rings (SSSR count). The number of aliphatic hydroxyl groups is 1. The molecule has 3 aromatic carbocycles. The van der Waals surface area contributed by atoms with Crippen LogP contribution in [0.1, 0.15) is 31.2 Å². The van der Waals surface area contributed by atoms with Gasteiger partial charge in [-0.25, -0.2) is 13.5 Å². The van der Waals surface area contributed by atoms with Gasteiger partial charge in [-0.3, -0.25) is 4.99 Å². The number of aliphatic imine (C=N–C) groups is 1. The summed E-state index contributed by atoms with van der Waals surface area (Å²) in [7, 11) is 1.08. The molecule has 0 saturated heterocycles. The summed E-state index contributed by atoms with van der Waals surface area (Å²) in [6.07, 6.45) is -4.18. The average Bonchev–Trinajstić information content (AvgIpc) is 3.32. The highest BCUT2D eigenvalue weighted by Gasteiger charge is 2.54. The smallest absolute Gasteiger partial charge is 0.422 e. The zero-order valence-corrected chi connectivity index (χ0v) is 20.3. The molecule has 0 bridgehead atoms. The first-order valence-electron chi connectivity index (χ1n) is 11.6. The Morgan fingerprint density at radius 2 is 1.76 bits per heavy atom. The van der Waals surface area contributed by atoms with Crippen molar-refractivity contribution in [3.63, 3.8) is 0 Å². The first-order valence-corrected chi connectivity index (χ1v) is 11.6. The molecule has 0 aliphatic rings. The van der Waals surface area contributed by atoms with Gasteiger partial charge in [0.15, 0.2) is 17.2 Å². The Hall–Kier alpha value is -3.86. The third kappa shape index (κ3) is 5.10. The molecule has 2 unspecified atom stereocenters. The van der Waals surface area contributed by atoms with Gasteiger partial charge in [0.2, 0.25) is 5.82 Å². The Labute approximate surface area is 214 Å². The van der Waals surface area contributed by atoms with Gasteiger partial charge in [-0.1, -0.05) is 19.1 Å². The summed E-state index contributed by atoms with van der Waals surface area (Å²) in [4.78, 5) is 3.98. The molecule has 0 spiro atoms. The van der Waals surface area contributed by atoms with Crippen LogP contribution >= 0.6 is 0 Å². The molecule has 5 nitrogen and oxygen atoms in total. The number of halogens is 6. The van der Waals surface area contributed by atoms with Gasteiger partial charge in [-0.15, -0.1) is 0 Å². The summed E-state index contributed by atoms with van der Waals surface area (Å²) in [6.45, 7) is 1.56. The van der Waals surface area contributed by atoms with Crippen molar-refractivity contribution in [3.8, 4) is 11.4 Å². The van der Waals surface area contributed by atoms with Crippen molar-refractivity contribution >= 4 is 22.8 Å². The van der Waals surface area contributed by atoms with E-state index in [0.29, 0.717) is 22.8 Å². The minimum atomic E-state index is -5.14. The van der Waals surface area contributed by atoms with Crippen molar-refractivity contribution in [1.82, 2.24) is 9.78 Å². The lowest BCUT2D eigenvalue weighted by Crippen LogP contribution is -2.47. The lowest BCUT2D eigenvalue weighted by atomic mass is 9.83. The molecule has 11 heteroatoms. The Morgan fingerprint density at radius 1 is 1.05 bits per heavy atom. The molecule has 200 valence electrons. The van der Waals surface area contributed by atoms with Crippen LogP contribution in [-0.4, -0.2) is 40.0 Å². The molecule has 2 atom stereocenters. The summed E-state index contributed by atoms with van der Waals surface area (Å²) in [6, 6.07) is 12.1. The predicted octanol–water partition coefficient (Wildman–Crippen LogP) is 7.03. The van der Waals surface area contributed by atoms with E-state index in [4.69, 9.17) is 4.74 Å². The summed E-state index contributed by atoms with van der Waals surface area (Å²) < 4.78 is 90.1. The van der Waals surface area contributed by atoms with E-state index in [2.05, 4.69) is 10.1 Å². The van der Waals surface area contributed by atoms with E-state index in [1.165, 1.54) is 41.2 Å². The molecule has 1 heterocycles. The van der Waals surface area contributed by atoms with Crippen LogP contribution in [0.4, 0.5) is 32.0 Å². The van der Waals surface area contributed by atoms with E-state index < -0.39 is 47.3 Å². The van der Waals surface area contributed by atoms with E-state index in [0.717, 1.165) is 19.2 Å². The number of hydrogen-bond donors (Lipinski definition) is 1. The fourth-order valence-electron chi connectivity index (χ4n) is 4.28. The van der Waals surface area contributed by atoms with Crippen molar-refractivity contribution < 1.29 is 36.2 Å². The van der Waals surface area contributed by atoms with Crippen LogP contribution < -0.4 is 4.74 Å². The standard InChI is InChI=1S/C27H23F6N3O2/c1-3-16(19-11-12-21(29)24(30)25(19)38-2)13-26(37,27(31,32)33)15-34-22-5-4-6-23-20(22)14-35-36(23)18-9-7-17(28)8-10-18/h4-12,14-16,37H,3,13H2,1-2H3. The highest BCUT2D eigenvalue weighted by Crippen LogP contribution is 2.42. The average molecular weight is 535 g/mol. The topological polar surface area (TPSA) is 59.6 Å². The van der Waals surface area contributed by atoms with Gasteiger partial charge in [0.05, 0.1) is 30.2 Å². The number of methoxy groups -OCH3 is 1. The number of hydrogen-bond acceptors (Lipinski definition) is 4. The maximum atomic E-state index is 14.3. The first-order chi connectivity index (χ1) is 18.0.